The summed E-state index contributed by atoms with van der Waals surface area (Å²) in [6.07, 6.45) is 5.58. The van der Waals surface area contributed by atoms with Gasteiger partial charge in [-0.2, -0.15) is 0 Å². The Kier molecular flexibility index (Phi) is 6.24. The molecule has 1 heterocycles. The summed E-state index contributed by atoms with van der Waals surface area (Å²) >= 11 is 0. The lowest BCUT2D eigenvalue weighted by molar-refractivity contribution is 0.970. The van der Waals surface area contributed by atoms with Crippen molar-refractivity contribution in [3.63, 3.8) is 0 Å². The first kappa shape index (κ1) is 25.0. The summed E-state index contributed by atoms with van der Waals surface area (Å²) in [5, 5.41) is 7.73. The highest BCUT2D eigenvalue weighted by Gasteiger charge is 2.26. The highest BCUT2D eigenvalue weighted by molar-refractivity contribution is 6.02. The van der Waals surface area contributed by atoms with Crippen molar-refractivity contribution in [2.24, 2.45) is 4.99 Å². The van der Waals surface area contributed by atoms with Crippen LogP contribution in [0.15, 0.2) is 114 Å². The van der Waals surface area contributed by atoms with Crippen molar-refractivity contribution < 1.29 is 0 Å². The number of hydrogen-bond acceptors (Lipinski definition) is 2. The van der Waals surface area contributed by atoms with Gasteiger partial charge in [0.2, 0.25) is 0 Å². The van der Waals surface area contributed by atoms with Crippen molar-refractivity contribution in [3.8, 4) is 22.3 Å². The molecule has 7 rings (SSSR count). The Bertz CT molecular complexity index is 2100. The van der Waals surface area contributed by atoms with Crippen LogP contribution in [0.25, 0.3) is 56.0 Å². The highest BCUT2D eigenvalue weighted by atomic mass is 15.2. The summed E-state index contributed by atoms with van der Waals surface area (Å²) in [4.78, 5) is 6.79. The molecule has 0 N–H and O–H groups in total. The zero-order valence-corrected chi connectivity index (χ0v) is 23.6. The molecule has 198 valence electrons. The molecule has 0 atom stereocenters. The maximum Gasteiger partial charge on any atom is 0.0859 e. The third kappa shape index (κ3) is 4.06. The molecule has 0 spiro atoms. The van der Waals surface area contributed by atoms with E-state index < -0.39 is 0 Å². The molecule has 6 aromatic carbocycles. The molecule has 6 aromatic rings. The van der Waals surface area contributed by atoms with Gasteiger partial charge in [-0.1, -0.05) is 97.9 Å². The van der Waals surface area contributed by atoms with Crippen LogP contribution in [0.5, 0.6) is 0 Å². The van der Waals surface area contributed by atoms with Crippen LogP contribution in [-0.4, -0.2) is 6.72 Å². The molecule has 0 saturated heterocycles. The van der Waals surface area contributed by atoms with E-state index in [9.17, 15) is 0 Å². The van der Waals surface area contributed by atoms with Gasteiger partial charge in [0.25, 0.3) is 0 Å². The second-order valence-electron chi connectivity index (χ2n) is 10.7. The van der Waals surface area contributed by atoms with E-state index in [1.54, 1.807) is 0 Å². The Labute approximate surface area is 241 Å². The summed E-state index contributed by atoms with van der Waals surface area (Å²) < 4.78 is 0. The van der Waals surface area contributed by atoms with Crippen LogP contribution in [0, 0.1) is 0 Å². The van der Waals surface area contributed by atoms with E-state index in [4.69, 9.17) is 0 Å². The van der Waals surface area contributed by atoms with Crippen molar-refractivity contribution in [3.05, 3.63) is 125 Å². The SMILES string of the molecule is C=Nc1ccccc1N1Cc2c(ccc3ccccc23)-c2cc(-c3cc(=C/CC)/c(=C\C)c4ccccc34)ccc21. The van der Waals surface area contributed by atoms with E-state index in [0.717, 1.165) is 24.3 Å². The van der Waals surface area contributed by atoms with Crippen molar-refractivity contribution in [1.29, 1.82) is 0 Å². The van der Waals surface area contributed by atoms with Crippen molar-refractivity contribution in [2.75, 3.05) is 4.90 Å². The van der Waals surface area contributed by atoms with Gasteiger partial charge in [0.15, 0.2) is 0 Å². The van der Waals surface area contributed by atoms with Crippen molar-refractivity contribution in [2.45, 2.75) is 26.8 Å². The van der Waals surface area contributed by atoms with E-state index in [1.165, 1.54) is 65.5 Å². The Hall–Kier alpha value is -4.95. The number of aliphatic imine (C=N–C) groups is 1. The minimum Gasteiger partial charge on any atom is -0.335 e. The van der Waals surface area contributed by atoms with Gasteiger partial charge in [-0.05, 0) is 105 Å². The zero-order chi connectivity index (χ0) is 27.9. The van der Waals surface area contributed by atoms with E-state index in [1.807, 2.05) is 12.1 Å². The van der Waals surface area contributed by atoms with Crippen molar-refractivity contribution >= 4 is 57.5 Å². The van der Waals surface area contributed by atoms with Crippen LogP contribution in [0.4, 0.5) is 17.1 Å². The van der Waals surface area contributed by atoms with E-state index >= 15 is 0 Å². The minimum atomic E-state index is 0.773. The van der Waals surface area contributed by atoms with Crippen LogP contribution >= 0.6 is 0 Å². The molecule has 0 saturated carbocycles. The minimum absolute atomic E-state index is 0.773. The summed E-state index contributed by atoms with van der Waals surface area (Å²) in [6.45, 7) is 8.99. The zero-order valence-electron chi connectivity index (χ0n) is 23.6. The maximum atomic E-state index is 4.38. The Morgan fingerprint density at radius 2 is 1.49 bits per heavy atom. The molecule has 2 heteroatoms. The first-order chi connectivity index (χ1) is 20.2. The van der Waals surface area contributed by atoms with Crippen LogP contribution in [0.1, 0.15) is 25.8 Å². The number of fused-ring (bicyclic) bond motifs is 6. The third-order valence-electron chi connectivity index (χ3n) is 8.42. The lowest BCUT2D eigenvalue weighted by atomic mass is 9.86. The first-order valence-electron chi connectivity index (χ1n) is 14.4. The predicted molar refractivity (Wildman–Crippen MR) is 178 cm³/mol. The summed E-state index contributed by atoms with van der Waals surface area (Å²) in [5.41, 5.74) is 9.52. The van der Waals surface area contributed by atoms with E-state index in [0.29, 0.717) is 0 Å². The number of para-hydroxylation sites is 2. The van der Waals surface area contributed by atoms with Gasteiger partial charge >= 0.3 is 0 Å². The van der Waals surface area contributed by atoms with Gasteiger partial charge in [-0.3, -0.25) is 4.99 Å². The number of anilines is 2. The van der Waals surface area contributed by atoms with E-state index in [-0.39, 0.29) is 0 Å². The van der Waals surface area contributed by atoms with Gasteiger partial charge < -0.3 is 4.90 Å². The average Bonchev–Trinajstić information content (AvgIpc) is 3.03. The van der Waals surface area contributed by atoms with Gasteiger partial charge in [-0.25, -0.2) is 0 Å². The fraction of sp³-hybridized carbons (Fsp3) is 0.103. The van der Waals surface area contributed by atoms with Gasteiger partial charge in [-0.15, -0.1) is 0 Å². The van der Waals surface area contributed by atoms with Crippen LogP contribution in [0.2, 0.25) is 0 Å². The molecular weight excluding hydrogens is 496 g/mol. The van der Waals surface area contributed by atoms with Crippen molar-refractivity contribution in [1.82, 2.24) is 0 Å². The molecular formula is C39H32N2. The summed E-state index contributed by atoms with van der Waals surface area (Å²) in [6, 6.07) is 39.7. The number of benzene rings is 6. The number of rotatable bonds is 4. The standard InChI is InChI=1S/C39H32N2/c1-4-12-27-23-34(32-16-9-8-15-31(32)29(27)5-2)28-20-22-38-35(24-28)33-21-19-26-13-6-7-14-30(26)36(33)25-41(38)39-18-11-10-17-37(39)40-3/h5-24H,3-4,25H2,1-2H3/b27-12-,29-5+. The second-order valence-corrected chi connectivity index (χ2v) is 10.7. The van der Waals surface area contributed by atoms with Gasteiger partial charge in [0.05, 0.1) is 11.4 Å². The molecule has 0 amide bonds. The molecule has 0 aromatic heterocycles. The topological polar surface area (TPSA) is 15.6 Å². The molecule has 0 unspecified atom stereocenters. The maximum absolute atomic E-state index is 4.38. The Morgan fingerprint density at radius 1 is 0.732 bits per heavy atom. The monoisotopic (exact) mass is 528 g/mol. The molecule has 41 heavy (non-hydrogen) atoms. The molecule has 0 fully saturated rings. The molecule has 1 aliphatic heterocycles. The quantitative estimate of drug-likeness (QED) is 0.208. The molecule has 2 nitrogen and oxygen atoms in total. The Morgan fingerprint density at radius 3 is 2.29 bits per heavy atom. The third-order valence-corrected chi connectivity index (χ3v) is 8.42. The average molecular weight is 529 g/mol. The molecule has 0 aliphatic carbocycles. The van der Waals surface area contributed by atoms with Gasteiger partial charge in [0, 0.05) is 17.8 Å². The number of hydrogen-bond donors (Lipinski definition) is 0. The smallest absolute Gasteiger partial charge is 0.0859 e. The predicted octanol–water partition coefficient (Wildman–Crippen LogP) is 9.30. The van der Waals surface area contributed by atoms with Crippen LogP contribution in [-0.2, 0) is 6.54 Å². The van der Waals surface area contributed by atoms with Crippen LogP contribution < -0.4 is 15.3 Å². The second kappa shape index (κ2) is 10.2. The summed E-state index contributed by atoms with van der Waals surface area (Å²) in [7, 11) is 0. The largest absolute Gasteiger partial charge is 0.335 e. The summed E-state index contributed by atoms with van der Waals surface area (Å²) in [5.74, 6) is 0. The fourth-order valence-corrected chi connectivity index (χ4v) is 6.57. The normalized spacial score (nSPS) is 13.5. The van der Waals surface area contributed by atoms with Crippen LogP contribution in [0.3, 0.4) is 0 Å². The first-order valence-corrected chi connectivity index (χ1v) is 14.4. The lowest BCUT2D eigenvalue weighted by Crippen LogP contribution is -2.25. The fourth-order valence-electron chi connectivity index (χ4n) is 6.57. The van der Waals surface area contributed by atoms with Gasteiger partial charge in [0.1, 0.15) is 0 Å². The molecule has 1 aliphatic rings. The van der Waals surface area contributed by atoms with E-state index in [2.05, 4.69) is 140 Å². The Balaban J connectivity index is 1.54. The lowest BCUT2D eigenvalue weighted by Gasteiger charge is -2.34. The molecule has 0 radical (unpaired) electrons. The number of nitrogens with zero attached hydrogens (tertiary/aromatic N) is 2. The highest BCUT2D eigenvalue weighted by Crippen LogP contribution is 2.48. The molecule has 0 bridgehead atoms.